The third-order valence-electron chi connectivity index (χ3n) is 2.76. The van der Waals surface area contributed by atoms with Crippen LogP contribution >= 0.6 is 0 Å². The van der Waals surface area contributed by atoms with Gasteiger partial charge in [-0.2, -0.15) is 0 Å². The number of nitrogens with one attached hydrogen (secondary N) is 2. The second-order valence-corrected chi connectivity index (χ2v) is 4.42. The lowest BCUT2D eigenvalue weighted by Gasteiger charge is -2.07. The SMILES string of the molecule is O=C(CCNC(=O)c1ccc(F)cc1F)Nc1cccnc1. The fourth-order valence-corrected chi connectivity index (χ4v) is 1.72. The first-order valence-electron chi connectivity index (χ1n) is 6.49. The molecular weight excluding hydrogens is 292 g/mol. The number of amides is 2. The molecule has 1 aromatic heterocycles. The average Bonchev–Trinajstić information content (AvgIpc) is 2.48. The molecule has 0 saturated carbocycles. The Labute approximate surface area is 125 Å². The van der Waals surface area contributed by atoms with E-state index >= 15 is 0 Å². The Bertz CT molecular complexity index is 678. The molecule has 2 aromatic rings. The highest BCUT2D eigenvalue weighted by Crippen LogP contribution is 2.09. The zero-order valence-electron chi connectivity index (χ0n) is 11.5. The Morgan fingerprint density at radius 3 is 2.68 bits per heavy atom. The lowest BCUT2D eigenvalue weighted by atomic mass is 10.2. The number of halogens is 2. The van der Waals surface area contributed by atoms with Gasteiger partial charge in [-0.15, -0.1) is 0 Å². The molecule has 1 aromatic carbocycles. The zero-order valence-corrected chi connectivity index (χ0v) is 11.5. The lowest BCUT2D eigenvalue weighted by Crippen LogP contribution is -2.28. The maximum absolute atomic E-state index is 13.4. The van der Waals surface area contributed by atoms with Crippen LogP contribution in [0.5, 0.6) is 0 Å². The molecule has 0 saturated heterocycles. The third kappa shape index (κ3) is 4.34. The molecule has 2 N–H and O–H groups in total. The van der Waals surface area contributed by atoms with Gasteiger partial charge in [-0.3, -0.25) is 14.6 Å². The Hall–Kier alpha value is -2.83. The smallest absolute Gasteiger partial charge is 0.254 e. The average molecular weight is 305 g/mol. The largest absolute Gasteiger partial charge is 0.351 e. The van der Waals surface area contributed by atoms with Crippen molar-refractivity contribution in [1.29, 1.82) is 0 Å². The van der Waals surface area contributed by atoms with Crippen LogP contribution in [0.2, 0.25) is 0 Å². The molecule has 5 nitrogen and oxygen atoms in total. The van der Waals surface area contributed by atoms with Crippen LogP contribution in [0.25, 0.3) is 0 Å². The molecule has 0 spiro atoms. The number of anilines is 1. The van der Waals surface area contributed by atoms with Gasteiger partial charge < -0.3 is 10.6 Å². The van der Waals surface area contributed by atoms with Crippen LogP contribution in [-0.2, 0) is 4.79 Å². The van der Waals surface area contributed by atoms with E-state index < -0.39 is 17.5 Å². The Balaban J connectivity index is 1.80. The molecule has 0 fully saturated rings. The molecule has 2 amide bonds. The molecule has 2 rings (SSSR count). The fourth-order valence-electron chi connectivity index (χ4n) is 1.72. The summed E-state index contributed by atoms with van der Waals surface area (Å²) in [5, 5.41) is 5.00. The number of aromatic nitrogens is 1. The highest BCUT2D eigenvalue weighted by atomic mass is 19.1. The van der Waals surface area contributed by atoms with E-state index in [2.05, 4.69) is 15.6 Å². The molecule has 0 unspecified atom stereocenters. The van der Waals surface area contributed by atoms with Crippen LogP contribution in [0.1, 0.15) is 16.8 Å². The molecular formula is C15H13F2N3O2. The van der Waals surface area contributed by atoms with Crippen molar-refractivity contribution in [3.63, 3.8) is 0 Å². The number of hydrogen-bond donors (Lipinski definition) is 2. The first kappa shape index (κ1) is 15.6. The summed E-state index contributed by atoms with van der Waals surface area (Å²) in [5.41, 5.74) is 0.275. The van der Waals surface area contributed by atoms with Crippen LogP contribution in [0, 0.1) is 11.6 Å². The summed E-state index contributed by atoms with van der Waals surface area (Å²) in [6.07, 6.45) is 3.08. The van der Waals surface area contributed by atoms with Gasteiger partial charge in [0.2, 0.25) is 5.91 Å². The van der Waals surface area contributed by atoms with Crippen LogP contribution in [0.15, 0.2) is 42.7 Å². The number of pyridine rings is 1. The van der Waals surface area contributed by atoms with Crippen molar-refractivity contribution >= 4 is 17.5 Å². The zero-order chi connectivity index (χ0) is 15.9. The van der Waals surface area contributed by atoms with Gasteiger partial charge in [0, 0.05) is 25.2 Å². The fraction of sp³-hybridized carbons (Fsp3) is 0.133. The van der Waals surface area contributed by atoms with E-state index in [-0.39, 0.29) is 24.4 Å². The van der Waals surface area contributed by atoms with Crippen LogP contribution in [-0.4, -0.2) is 23.3 Å². The van der Waals surface area contributed by atoms with Gasteiger partial charge in [0.25, 0.3) is 5.91 Å². The first-order valence-corrected chi connectivity index (χ1v) is 6.49. The number of carbonyl (C=O) groups excluding carboxylic acids is 2. The van der Waals surface area contributed by atoms with Crippen molar-refractivity contribution in [2.24, 2.45) is 0 Å². The molecule has 1 heterocycles. The summed E-state index contributed by atoms with van der Waals surface area (Å²) in [7, 11) is 0. The van der Waals surface area contributed by atoms with Gasteiger partial charge in [-0.05, 0) is 24.3 Å². The first-order chi connectivity index (χ1) is 10.6. The maximum atomic E-state index is 13.4. The summed E-state index contributed by atoms with van der Waals surface area (Å²) >= 11 is 0. The van der Waals surface area contributed by atoms with E-state index in [1.165, 1.54) is 6.20 Å². The molecule has 0 radical (unpaired) electrons. The molecule has 22 heavy (non-hydrogen) atoms. The number of benzene rings is 1. The highest BCUT2D eigenvalue weighted by molar-refractivity contribution is 5.95. The Kier molecular flexibility index (Phi) is 5.13. The molecule has 114 valence electrons. The van der Waals surface area contributed by atoms with Gasteiger partial charge in [-0.25, -0.2) is 8.78 Å². The van der Waals surface area contributed by atoms with Gasteiger partial charge in [0.1, 0.15) is 11.6 Å². The summed E-state index contributed by atoms with van der Waals surface area (Å²) in [4.78, 5) is 27.2. The number of nitrogens with zero attached hydrogens (tertiary/aromatic N) is 1. The van der Waals surface area contributed by atoms with Crippen molar-refractivity contribution in [2.45, 2.75) is 6.42 Å². The number of rotatable bonds is 5. The minimum Gasteiger partial charge on any atom is -0.351 e. The Morgan fingerprint density at radius 1 is 1.18 bits per heavy atom. The van der Waals surface area contributed by atoms with E-state index in [9.17, 15) is 18.4 Å². The topological polar surface area (TPSA) is 71.1 Å². The van der Waals surface area contributed by atoms with Crippen molar-refractivity contribution in [1.82, 2.24) is 10.3 Å². The third-order valence-corrected chi connectivity index (χ3v) is 2.76. The van der Waals surface area contributed by atoms with Crippen molar-refractivity contribution in [3.05, 3.63) is 59.9 Å². The van der Waals surface area contributed by atoms with Crippen molar-refractivity contribution in [2.75, 3.05) is 11.9 Å². The van der Waals surface area contributed by atoms with Gasteiger partial charge >= 0.3 is 0 Å². The molecule has 0 aliphatic heterocycles. The van der Waals surface area contributed by atoms with Gasteiger partial charge in [-0.1, -0.05) is 0 Å². The monoisotopic (exact) mass is 305 g/mol. The van der Waals surface area contributed by atoms with Crippen LogP contribution in [0.3, 0.4) is 0 Å². The Morgan fingerprint density at radius 2 is 2.00 bits per heavy atom. The maximum Gasteiger partial charge on any atom is 0.254 e. The van der Waals surface area contributed by atoms with E-state index in [0.717, 1.165) is 12.1 Å². The van der Waals surface area contributed by atoms with E-state index in [0.29, 0.717) is 11.8 Å². The molecule has 0 bridgehead atoms. The number of hydrogen-bond acceptors (Lipinski definition) is 3. The second kappa shape index (κ2) is 7.26. The normalized spacial score (nSPS) is 10.1. The van der Waals surface area contributed by atoms with Crippen molar-refractivity contribution < 1.29 is 18.4 Å². The molecule has 0 aliphatic rings. The summed E-state index contributed by atoms with van der Waals surface area (Å²) in [5.74, 6) is -2.72. The van der Waals surface area contributed by atoms with Gasteiger partial charge in [0.05, 0.1) is 17.4 Å². The molecule has 0 aliphatic carbocycles. The van der Waals surface area contributed by atoms with Crippen molar-refractivity contribution in [3.8, 4) is 0 Å². The van der Waals surface area contributed by atoms with E-state index in [4.69, 9.17) is 0 Å². The minimum atomic E-state index is -0.947. The van der Waals surface area contributed by atoms with E-state index in [1.807, 2.05) is 0 Å². The lowest BCUT2D eigenvalue weighted by molar-refractivity contribution is -0.116. The summed E-state index contributed by atoms with van der Waals surface area (Å²) in [6, 6.07) is 6.03. The predicted molar refractivity (Wildman–Crippen MR) is 76.2 cm³/mol. The molecule has 0 atom stereocenters. The standard InChI is InChI=1S/C15H13F2N3O2/c16-10-3-4-12(13(17)8-10)15(22)19-7-5-14(21)20-11-2-1-6-18-9-11/h1-4,6,8-9H,5,7H2,(H,19,22)(H,20,21). The summed E-state index contributed by atoms with van der Waals surface area (Å²) in [6.45, 7) is 0.0295. The minimum absolute atomic E-state index is 0.0173. The predicted octanol–water partition coefficient (Wildman–Crippen LogP) is 2.12. The van der Waals surface area contributed by atoms with Crippen LogP contribution < -0.4 is 10.6 Å². The number of carbonyl (C=O) groups is 2. The summed E-state index contributed by atoms with van der Waals surface area (Å²) < 4.78 is 26.1. The van der Waals surface area contributed by atoms with Gasteiger partial charge in [0.15, 0.2) is 0 Å². The second-order valence-electron chi connectivity index (χ2n) is 4.42. The quantitative estimate of drug-likeness (QED) is 0.889. The van der Waals surface area contributed by atoms with Crippen LogP contribution in [0.4, 0.5) is 14.5 Å². The van der Waals surface area contributed by atoms with E-state index in [1.54, 1.807) is 18.3 Å². The molecule has 7 heteroatoms. The highest BCUT2D eigenvalue weighted by Gasteiger charge is 2.12.